The minimum Gasteiger partial charge on any atom is -0.496 e. The van der Waals surface area contributed by atoms with Crippen LogP contribution in [0.4, 0.5) is 8.78 Å². The van der Waals surface area contributed by atoms with Crippen LogP contribution in [0.1, 0.15) is 5.56 Å². The van der Waals surface area contributed by atoms with E-state index in [0.29, 0.717) is 5.17 Å². The van der Waals surface area contributed by atoms with Gasteiger partial charge in [0.2, 0.25) is 5.91 Å². The molecule has 2 rings (SSSR count). The average molecular weight is 285 g/mol. The van der Waals surface area contributed by atoms with Crippen LogP contribution >= 0.6 is 11.8 Å². The van der Waals surface area contributed by atoms with E-state index in [-0.39, 0.29) is 23.0 Å². The van der Waals surface area contributed by atoms with E-state index in [0.717, 1.165) is 18.3 Å². The van der Waals surface area contributed by atoms with Crippen molar-refractivity contribution >= 4 is 29.1 Å². The molecule has 0 spiro atoms. The Morgan fingerprint density at radius 3 is 2.89 bits per heavy atom. The molecule has 0 unspecified atom stereocenters. The molecule has 1 amide bonds. The van der Waals surface area contributed by atoms with Crippen molar-refractivity contribution in [2.24, 2.45) is 10.2 Å². The molecular formula is C11H9F2N3O2S. The molecule has 0 aromatic heterocycles. The van der Waals surface area contributed by atoms with E-state index >= 15 is 0 Å². The summed E-state index contributed by atoms with van der Waals surface area (Å²) < 4.78 is 31.3. The number of nitrogens with one attached hydrogen (secondary N) is 1. The van der Waals surface area contributed by atoms with Crippen molar-refractivity contribution in [1.82, 2.24) is 5.32 Å². The van der Waals surface area contributed by atoms with E-state index in [1.54, 1.807) is 0 Å². The topological polar surface area (TPSA) is 63.1 Å². The van der Waals surface area contributed by atoms with Gasteiger partial charge in [-0.15, -0.1) is 5.10 Å². The van der Waals surface area contributed by atoms with Crippen molar-refractivity contribution in [3.8, 4) is 5.75 Å². The molecule has 0 atom stereocenters. The van der Waals surface area contributed by atoms with Crippen LogP contribution in [-0.4, -0.2) is 30.2 Å². The minimum atomic E-state index is -0.802. The predicted molar refractivity (Wildman–Crippen MR) is 68.5 cm³/mol. The quantitative estimate of drug-likeness (QED) is 0.676. The lowest BCUT2D eigenvalue weighted by Crippen LogP contribution is -2.19. The summed E-state index contributed by atoms with van der Waals surface area (Å²) in [5.41, 5.74) is -0.0115. The van der Waals surface area contributed by atoms with Crippen LogP contribution in [0.15, 0.2) is 22.3 Å². The monoisotopic (exact) mass is 285 g/mol. The van der Waals surface area contributed by atoms with E-state index in [9.17, 15) is 13.6 Å². The third-order valence-electron chi connectivity index (χ3n) is 2.20. The van der Waals surface area contributed by atoms with Crippen molar-refractivity contribution in [3.63, 3.8) is 0 Å². The number of carbonyl (C=O) groups excluding carboxylic acids is 1. The molecule has 1 aliphatic rings. The minimum absolute atomic E-state index is 0.0115. The second-order valence-corrected chi connectivity index (χ2v) is 4.45. The molecule has 1 N–H and O–H groups in total. The number of amidine groups is 1. The third-order valence-corrected chi connectivity index (χ3v) is 3.06. The normalized spacial score (nSPS) is 17.2. The molecule has 1 saturated heterocycles. The number of methoxy groups -OCH3 is 1. The predicted octanol–water partition coefficient (Wildman–Crippen LogP) is 1.53. The molecule has 1 fully saturated rings. The highest BCUT2D eigenvalue weighted by atomic mass is 32.2. The molecule has 100 valence electrons. The summed E-state index contributed by atoms with van der Waals surface area (Å²) in [5, 5.41) is 10.2. The Morgan fingerprint density at radius 1 is 1.47 bits per heavy atom. The van der Waals surface area contributed by atoms with Gasteiger partial charge in [-0.1, -0.05) is 11.8 Å². The Kier molecular flexibility index (Phi) is 4.10. The van der Waals surface area contributed by atoms with Gasteiger partial charge in [-0.05, 0) is 0 Å². The van der Waals surface area contributed by atoms with Crippen molar-refractivity contribution in [3.05, 3.63) is 29.3 Å². The number of ether oxygens (including phenoxy) is 1. The summed E-state index contributed by atoms with van der Waals surface area (Å²) in [6, 6.07) is 1.77. The first-order valence-electron chi connectivity index (χ1n) is 5.17. The molecule has 0 aliphatic carbocycles. The lowest BCUT2D eigenvalue weighted by Gasteiger charge is -2.04. The first-order chi connectivity index (χ1) is 9.10. The highest BCUT2D eigenvalue weighted by Crippen LogP contribution is 2.21. The van der Waals surface area contributed by atoms with Gasteiger partial charge in [-0.2, -0.15) is 5.10 Å². The molecule has 5 nitrogen and oxygen atoms in total. The second-order valence-electron chi connectivity index (χ2n) is 3.49. The van der Waals surface area contributed by atoms with Gasteiger partial charge in [0.15, 0.2) is 5.17 Å². The SMILES string of the molecule is COc1cc(F)cc(F)c1C=NN=C1NC(=O)CS1. The highest BCUT2D eigenvalue weighted by Gasteiger charge is 2.16. The van der Waals surface area contributed by atoms with Crippen LogP contribution in [0.5, 0.6) is 5.75 Å². The largest absolute Gasteiger partial charge is 0.496 e. The lowest BCUT2D eigenvalue weighted by atomic mass is 10.2. The zero-order valence-corrected chi connectivity index (χ0v) is 10.6. The third kappa shape index (κ3) is 3.28. The first kappa shape index (κ1) is 13.5. The van der Waals surface area contributed by atoms with Gasteiger partial charge >= 0.3 is 0 Å². The maximum atomic E-state index is 13.5. The number of amides is 1. The van der Waals surface area contributed by atoms with Crippen LogP contribution in [0.3, 0.4) is 0 Å². The van der Waals surface area contributed by atoms with Crippen LogP contribution in [-0.2, 0) is 4.79 Å². The molecule has 0 saturated carbocycles. The van der Waals surface area contributed by atoms with Crippen molar-refractivity contribution in [2.75, 3.05) is 12.9 Å². The van der Waals surface area contributed by atoms with Crippen molar-refractivity contribution < 1.29 is 18.3 Å². The molecular weight excluding hydrogens is 276 g/mol. The Morgan fingerprint density at radius 2 is 2.26 bits per heavy atom. The molecule has 1 aromatic carbocycles. The fraction of sp³-hybridized carbons (Fsp3) is 0.182. The van der Waals surface area contributed by atoms with Crippen LogP contribution in [0.2, 0.25) is 0 Å². The highest BCUT2D eigenvalue weighted by molar-refractivity contribution is 8.15. The smallest absolute Gasteiger partial charge is 0.236 e. The Hall–Kier alpha value is -1.96. The summed E-state index contributed by atoms with van der Waals surface area (Å²) in [4.78, 5) is 10.9. The Labute approximate surface area is 111 Å². The number of hydrogen-bond acceptors (Lipinski definition) is 5. The summed E-state index contributed by atoms with van der Waals surface area (Å²) in [7, 11) is 1.30. The number of thioether (sulfide) groups is 1. The van der Waals surface area contributed by atoms with Gasteiger partial charge < -0.3 is 10.1 Å². The fourth-order valence-corrected chi connectivity index (χ4v) is 2.00. The van der Waals surface area contributed by atoms with E-state index in [4.69, 9.17) is 4.74 Å². The van der Waals surface area contributed by atoms with Crippen LogP contribution < -0.4 is 10.1 Å². The van der Waals surface area contributed by atoms with E-state index in [1.165, 1.54) is 18.9 Å². The molecule has 1 aromatic rings. The summed E-state index contributed by atoms with van der Waals surface area (Å²) in [5.74, 6) is -1.41. The molecule has 0 radical (unpaired) electrons. The number of carbonyl (C=O) groups is 1. The maximum Gasteiger partial charge on any atom is 0.236 e. The number of rotatable bonds is 3. The number of halogens is 2. The standard InChI is InChI=1S/C11H9F2N3O2S/c1-18-9-3-6(12)2-8(13)7(9)4-14-16-11-15-10(17)5-19-11/h2-4H,5H2,1H3,(H,15,16,17). The number of benzene rings is 1. The average Bonchev–Trinajstić information content (AvgIpc) is 2.77. The van der Waals surface area contributed by atoms with Gasteiger partial charge in [0.25, 0.3) is 0 Å². The molecule has 8 heteroatoms. The van der Waals surface area contributed by atoms with Gasteiger partial charge in [-0.3, -0.25) is 4.79 Å². The van der Waals surface area contributed by atoms with Crippen LogP contribution in [0, 0.1) is 11.6 Å². The zero-order chi connectivity index (χ0) is 13.8. The maximum absolute atomic E-state index is 13.5. The summed E-state index contributed by atoms with van der Waals surface area (Å²) >= 11 is 1.19. The Bertz CT molecular complexity index is 575. The molecule has 1 aliphatic heterocycles. The molecule has 0 bridgehead atoms. The first-order valence-corrected chi connectivity index (χ1v) is 6.15. The lowest BCUT2D eigenvalue weighted by molar-refractivity contribution is -0.116. The van der Waals surface area contributed by atoms with E-state index < -0.39 is 11.6 Å². The van der Waals surface area contributed by atoms with Crippen molar-refractivity contribution in [2.45, 2.75) is 0 Å². The van der Waals surface area contributed by atoms with Gasteiger partial charge in [0.05, 0.1) is 24.6 Å². The number of nitrogens with zero attached hydrogens (tertiary/aromatic N) is 2. The second kappa shape index (κ2) is 5.79. The van der Waals surface area contributed by atoms with Crippen LogP contribution in [0.25, 0.3) is 0 Å². The fourth-order valence-electron chi connectivity index (χ4n) is 1.37. The summed E-state index contributed by atoms with van der Waals surface area (Å²) in [6.07, 6.45) is 1.10. The summed E-state index contributed by atoms with van der Waals surface area (Å²) in [6.45, 7) is 0. The Balaban J connectivity index is 2.21. The zero-order valence-electron chi connectivity index (χ0n) is 9.81. The van der Waals surface area contributed by atoms with E-state index in [1.807, 2.05) is 0 Å². The van der Waals surface area contributed by atoms with Crippen molar-refractivity contribution in [1.29, 1.82) is 0 Å². The van der Waals surface area contributed by atoms with Gasteiger partial charge in [-0.25, -0.2) is 8.78 Å². The van der Waals surface area contributed by atoms with E-state index in [2.05, 4.69) is 15.5 Å². The number of hydrogen-bond donors (Lipinski definition) is 1. The molecule has 1 heterocycles. The van der Waals surface area contributed by atoms with Gasteiger partial charge in [0.1, 0.15) is 17.4 Å². The van der Waals surface area contributed by atoms with Gasteiger partial charge in [0, 0.05) is 12.1 Å². The molecule has 19 heavy (non-hydrogen) atoms.